The molecule has 8 nitrogen and oxygen atoms in total. The molecule has 0 radical (unpaired) electrons. The first-order valence-corrected chi connectivity index (χ1v) is 12.1. The van der Waals surface area contributed by atoms with Crippen LogP contribution in [-0.2, 0) is 6.42 Å². The minimum Gasteiger partial charge on any atom is -0.356 e. The van der Waals surface area contributed by atoms with E-state index < -0.39 is 0 Å². The maximum atomic E-state index is 12.6. The van der Waals surface area contributed by atoms with Crippen LogP contribution < -0.4 is 10.2 Å². The van der Waals surface area contributed by atoms with Crippen molar-refractivity contribution in [3.05, 3.63) is 76.7 Å². The molecule has 0 bridgehead atoms. The van der Waals surface area contributed by atoms with Gasteiger partial charge in [0.1, 0.15) is 11.6 Å². The van der Waals surface area contributed by atoms with E-state index in [0.29, 0.717) is 33.1 Å². The largest absolute Gasteiger partial charge is 0.356 e. The van der Waals surface area contributed by atoms with E-state index in [4.69, 9.17) is 16.6 Å². The summed E-state index contributed by atoms with van der Waals surface area (Å²) in [5, 5.41) is 11.5. The number of ketones is 1. The quantitative estimate of drug-likeness (QED) is 0.260. The van der Waals surface area contributed by atoms with Gasteiger partial charge in [-0.3, -0.25) is 14.9 Å². The topological polar surface area (TPSA) is 99.7 Å². The van der Waals surface area contributed by atoms with E-state index in [1.165, 1.54) is 11.8 Å². The number of benzene rings is 1. The summed E-state index contributed by atoms with van der Waals surface area (Å²) < 4.78 is 0. The summed E-state index contributed by atoms with van der Waals surface area (Å²) in [7, 11) is 0. The number of aromatic amines is 1. The van der Waals surface area contributed by atoms with E-state index in [2.05, 4.69) is 30.4 Å². The number of hydrogen-bond donors (Lipinski definition) is 2. The van der Waals surface area contributed by atoms with Crippen molar-refractivity contribution >= 4 is 46.6 Å². The lowest BCUT2D eigenvalue weighted by Crippen LogP contribution is -2.37. The van der Waals surface area contributed by atoms with Gasteiger partial charge in [0.15, 0.2) is 16.8 Å². The molecule has 0 aliphatic carbocycles. The van der Waals surface area contributed by atoms with Gasteiger partial charge in [-0.05, 0) is 49.4 Å². The van der Waals surface area contributed by atoms with E-state index in [1.54, 1.807) is 30.5 Å². The third-order valence-electron chi connectivity index (χ3n) is 5.36. The second-order valence-corrected chi connectivity index (χ2v) is 9.41. The number of rotatable bonds is 8. The maximum Gasteiger partial charge on any atom is 0.196 e. The molecular formula is C24H22ClN7OS. The second-order valence-electron chi connectivity index (χ2n) is 7.96. The van der Waals surface area contributed by atoms with Gasteiger partial charge in [-0.2, -0.15) is 5.10 Å². The number of carbonyl (C=O) groups excluding carboxylic acids is 1. The van der Waals surface area contributed by atoms with Gasteiger partial charge < -0.3 is 10.2 Å². The number of H-pyrrole nitrogens is 1. The van der Waals surface area contributed by atoms with Crippen LogP contribution in [0.15, 0.2) is 64.8 Å². The van der Waals surface area contributed by atoms with Crippen molar-refractivity contribution < 1.29 is 4.79 Å². The van der Waals surface area contributed by atoms with Crippen LogP contribution >= 0.6 is 23.4 Å². The summed E-state index contributed by atoms with van der Waals surface area (Å²) in [5.74, 6) is 2.21. The monoisotopic (exact) mass is 491 g/mol. The maximum absolute atomic E-state index is 12.6. The molecule has 1 aliphatic rings. The van der Waals surface area contributed by atoms with Crippen LogP contribution in [0.2, 0.25) is 5.02 Å². The predicted octanol–water partition coefficient (Wildman–Crippen LogP) is 5.09. The smallest absolute Gasteiger partial charge is 0.196 e. The zero-order valence-electron chi connectivity index (χ0n) is 18.5. The SMILES string of the molecule is Cc1cc(Nc2cc(N3CCC3)nc(Sc3ccc(CC(=O)c4ccccc4Cl)nc3)n2)n[nH]1. The first-order valence-electron chi connectivity index (χ1n) is 10.9. The molecule has 0 spiro atoms. The highest BCUT2D eigenvalue weighted by Gasteiger charge is 2.19. The molecule has 4 aromatic rings. The standard InChI is InChI=1S/C24H22ClN7OS/c1-15-11-22(31-30-15)27-21-13-23(32-9-4-10-32)29-24(28-21)34-17-8-7-16(26-14-17)12-20(33)18-5-2-3-6-19(18)25/h2-3,5-8,11,13-14H,4,9-10,12H2,1H3,(H2,27,28,29,30,31). The zero-order chi connectivity index (χ0) is 23.5. The molecule has 0 saturated carbocycles. The van der Waals surface area contributed by atoms with Gasteiger partial charge in [0.2, 0.25) is 0 Å². The average molecular weight is 492 g/mol. The average Bonchev–Trinajstić information content (AvgIpc) is 3.18. The minimum atomic E-state index is -0.0617. The van der Waals surface area contributed by atoms with Crippen LogP contribution in [0.4, 0.5) is 17.5 Å². The second kappa shape index (κ2) is 9.82. The van der Waals surface area contributed by atoms with Crippen LogP contribution in [0.25, 0.3) is 0 Å². The number of aromatic nitrogens is 5. The number of Topliss-reactive ketones (excluding diaryl/α,β-unsaturated/α-hetero) is 1. The molecule has 34 heavy (non-hydrogen) atoms. The molecule has 172 valence electrons. The van der Waals surface area contributed by atoms with Crippen LogP contribution in [-0.4, -0.2) is 44.0 Å². The Kier molecular flexibility index (Phi) is 6.46. The lowest BCUT2D eigenvalue weighted by Gasteiger charge is -2.32. The van der Waals surface area contributed by atoms with Gasteiger partial charge >= 0.3 is 0 Å². The molecule has 4 heterocycles. The first-order chi connectivity index (χ1) is 16.5. The molecule has 1 saturated heterocycles. The lowest BCUT2D eigenvalue weighted by atomic mass is 10.1. The van der Waals surface area contributed by atoms with Gasteiger partial charge in [0.05, 0.1) is 11.4 Å². The summed E-state index contributed by atoms with van der Waals surface area (Å²) in [4.78, 5) is 29.5. The Morgan fingerprint density at radius 1 is 1.15 bits per heavy atom. The van der Waals surface area contributed by atoms with Crippen molar-refractivity contribution in [2.75, 3.05) is 23.3 Å². The van der Waals surface area contributed by atoms with Crippen molar-refractivity contribution in [3.8, 4) is 0 Å². The van der Waals surface area contributed by atoms with Gasteiger partial charge in [0.25, 0.3) is 0 Å². The van der Waals surface area contributed by atoms with Crippen molar-refractivity contribution in [3.63, 3.8) is 0 Å². The molecule has 1 aliphatic heterocycles. The Balaban J connectivity index is 1.31. The molecule has 2 N–H and O–H groups in total. The molecule has 3 aromatic heterocycles. The van der Waals surface area contributed by atoms with Gasteiger partial charge in [-0.25, -0.2) is 9.97 Å². The van der Waals surface area contributed by atoms with Crippen molar-refractivity contribution in [2.45, 2.75) is 29.8 Å². The van der Waals surface area contributed by atoms with Crippen molar-refractivity contribution in [2.24, 2.45) is 0 Å². The Hall–Kier alpha value is -3.43. The summed E-state index contributed by atoms with van der Waals surface area (Å²) in [6, 6.07) is 14.7. The third kappa shape index (κ3) is 5.21. The summed E-state index contributed by atoms with van der Waals surface area (Å²) in [6.45, 7) is 3.92. The highest BCUT2D eigenvalue weighted by molar-refractivity contribution is 7.99. The number of aryl methyl sites for hydroxylation is 1. The fraction of sp³-hybridized carbons (Fsp3) is 0.208. The Morgan fingerprint density at radius 2 is 2.00 bits per heavy atom. The van der Waals surface area contributed by atoms with E-state index in [1.807, 2.05) is 31.2 Å². The molecule has 1 fully saturated rings. The van der Waals surface area contributed by atoms with Gasteiger partial charge in [0, 0.05) is 53.3 Å². The van der Waals surface area contributed by atoms with Crippen LogP contribution in [0.5, 0.6) is 0 Å². The van der Waals surface area contributed by atoms with Gasteiger partial charge in [-0.15, -0.1) is 0 Å². The normalized spacial score (nSPS) is 12.9. The summed E-state index contributed by atoms with van der Waals surface area (Å²) >= 11 is 7.57. The summed E-state index contributed by atoms with van der Waals surface area (Å²) in [5.41, 5.74) is 2.15. The molecule has 10 heteroatoms. The molecule has 0 unspecified atom stereocenters. The van der Waals surface area contributed by atoms with E-state index in [9.17, 15) is 4.79 Å². The number of hydrogen-bond acceptors (Lipinski definition) is 8. The molecule has 5 rings (SSSR count). The van der Waals surface area contributed by atoms with E-state index >= 15 is 0 Å². The van der Waals surface area contributed by atoms with E-state index in [-0.39, 0.29) is 12.2 Å². The van der Waals surface area contributed by atoms with E-state index in [0.717, 1.165) is 35.9 Å². The number of nitrogens with one attached hydrogen (secondary N) is 2. The Labute approximate surface area is 206 Å². The zero-order valence-corrected chi connectivity index (χ0v) is 20.0. The molecule has 1 aromatic carbocycles. The molecule has 0 atom stereocenters. The number of nitrogens with zero attached hydrogens (tertiary/aromatic N) is 5. The van der Waals surface area contributed by atoms with Crippen molar-refractivity contribution in [1.29, 1.82) is 0 Å². The first kappa shape index (κ1) is 22.4. The third-order valence-corrected chi connectivity index (χ3v) is 6.53. The molecular weight excluding hydrogens is 470 g/mol. The fourth-order valence-corrected chi connectivity index (χ4v) is 4.45. The Bertz CT molecular complexity index is 1320. The van der Waals surface area contributed by atoms with Crippen LogP contribution in [0.3, 0.4) is 0 Å². The van der Waals surface area contributed by atoms with Crippen LogP contribution in [0, 0.1) is 6.92 Å². The highest BCUT2D eigenvalue weighted by Crippen LogP contribution is 2.30. The Morgan fingerprint density at radius 3 is 2.68 bits per heavy atom. The number of carbonyl (C=O) groups is 1. The lowest BCUT2D eigenvalue weighted by molar-refractivity contribution is 0.0992. The van der Waals surface area contributed by atoms with Gasteiger partial charge in [-0.1, -0.05) is 23.7 Å². The van der Waals surface area contributed by atoms with Crippen LogP contribution in [0.1, 0.15) is 28.2 Å². The number of pyridine rings is 1. The highest BCUT2D eigenvalue weighted by atomic mass is 35.5. The minimum absolute atomic E-state index is 0.0617. The van der Waals surface area contributed by atoms with Crippen molar-refractivity contribution in [1.82, 2.24) is 25.1 Å². The molecule has 0 amide bonds. The predicted molar refractivity (Wildman–Crippen MR) is 133 cm³/mol. The fourth-order valence-electron chi connectivity index (χ4n) is 3.47. The summed E-state index contributed by atoms with van der Waals surface area (Å²) in [6.07, 6.45) is 3.09. The number of halogens is 1. The number of anilines is 3.